The molecule has 2 heterocycles. The second-order valence-corrected chi connectivity index (χ2v) is 11.1. The summed E-state index contributed by atoms with van der Waals surface area (Å²) in [6.45, 7) is 12.4. The van der Waals surface area contributed by atoms with Crippen molar-refractivity contribution in [3.05, 3.63) is 71.8 Å². The van der Waals surface area contributed by atoms with Crippen molar-refractivity contribution in [2.24, 2.45) is 5.41 Å². The lowest BCUT2D eigenvalue weighted by Gasteiger charge is -2.26. The van der Waals surface area contributed by atoms with Crippen LogP contribution in [0.15, 0.2) is 65.6 Å². The fraction of sp³-hybridized carbons (Fsp3) is 0.387. The molecule has 0 radical (unpaired) electrons. The SMILES string of the molecule is CC.CSc1ccc(CNC(=O)c2ccc3c(c2)OCCCN3c2ccc3c(c2)OC(C(C)(C)C)N3)cc1. The number of anilines is 3. The van der Waals surface area contributed by atoms with Gasteiger partial charge in [0.2, 0.25) is 0 Å². The van der Waals surface area contributed by atoms with Gasteiger partial charge in [-0.3, -0.25) is 4.79 Å². The quantitative estimate of drug-likeness (QED) is 0.332. The number of fused-ring (bicyclic) bond motifs is 2. The Morgan fingerprint density at radius 1 is 1.05 bits per heavy atom. The fourth-order valence-electron chi connectivity index (χ4n) is 4.40. The van der Waals surface area contributed by atoms with Crippen LogP contribution < -0.4 is 25.0 Å². The lowest BCUT2D eigenvalue weighted by atomic mass is 9.94. The van der Waals surface area contributed by atoms with Crippen LogP contribution in [0.5, 0.6) is 11.5 Å². The molecule has 2 N–H and O–H groups in total. The van der Waals surface area contributed by atoms with Crippen LogP contribution >= 0.6 is 11.8 Å². The van der Waals surface area contributed by atoms with E-state index in [1.165, 1.54) is 4.90 Å². The lowest BCUT2D eigenvalue weighted by molar-refractivity contribution is 0.0950. The van der Waals surface area contributed by atoms with Gasteiger partial charge in [-0.1, -0.05) is 46.8 Å². The van der Waals surface area contributed by atoms with E-state index in [1.807, 2.05) is 44.2 Å². The molecule has 202 valence electrons. The second kappa shape index (κ2) is 12.0. The summed E-state index contributed by atoms with van der Waals surface area (Å²) in [4.78, 5) is 16.3. The van der Waals surface area contributed by atoms with Crippen molar-refractivity contribution in [1.82, 2.24) is 5.32 Å². The van der Waals surface area contributed by atoms with Crippen molar-refractivity contribution >= 4 is 34.7 Å². The fourth-order valence-corrected chi connectivity index (χ4v) is 4.81. The van der Waals surface area contributed by atoms with Crippen LogP contribution in [-0.4, -0.2) is 31.5 Å². The van der Waals surface area contributed by atoms with Gasteiger partial charge in [-0.15, -0.1) is 11.8 Å². The molecule has 1 amide bonds. The van der Waals surface area contributed by atoms with Crippen molar-refractivity contribution in [2.75, 3.05) is 29.6 Å². The molecule has 0 aliphatic carbocycles. The first-order chi connectivity index (χ1) is 18.3. The first kappa shape index (κ1) is 27.7. The molecule has 0 fully saturated rings. The Hall–Kier alpha value is -3.32. The largest absolute Gasteiger partial charge is 0.491 e. The number of carbonyl (C=O) groups is 1. The minimum absolute atomic E-state index is 0.0166. The predicted octanol–water partition coefficient (Wildman–Crippen LogP) is 7.46. The van der Waals surface area contributed by atoms with Crippen molar-refractivity contribution in [1.29, 1.82) is 0 Å². The molecule has 0 spiro atoms. The zero-order chi connectivity index (χ0) is 27.3. The maximum Gasteiger partial charge on any atom is 0.251 e. The van der Waals surface area contributed by atoms with Crippen LogP contribution in [0.3, 0.4) is 0 Å². The number of nitrogens with zero attached hydrogens (tertiary/aromatic N) is 1. The number of thioether (sulfide) groups is 1. The molecule has 0 bridgehead atoms. The molecule has 0 saturated carbocycles. The highest BCUT2D eigenvalue weighted by Crippen LogP contribution is 2.43. The monoisotopic (exact) mass is 533 g/mol. The van der Waals surface area contributed by atoms with Gasteiger partial charge in [-0.05, 0) is 60.7 Å². The molecule has 3 aromatic rings. The highest BCUT2D eigenvalue weighted by Gasteiger charge is 2.33. The number of rotatable bonds is 5. The number of benzene rings is 3. The number of amides is 1. The Balaban J connectivity index is 0.00000164. The molecule has 3 aromatic carbocycles. The number of hydrogen-bond donors (Lipinski definition) is 2. The van der Waals surface area contributed by atoms with E-state index in [0.717, 1.165) is 47.1 Å². The predicted molar refractivity (Wildman–Crippen MR) is 158 cm³/mol. The number of nitrogens with one attached hydrogen (secondary N) is 2. The third kappa shape index (κ3) is 6.21. The van der Waals surface area contributed by atoms with Crippen LogP contribution in [-0.2, 0) is 6.54 Å². The highest BCUT2D eigenvalue weighted by molar-refractivity contribution is 7.98. The van der Waals surface area contributed by atoms with Gasteiger partial charge < -0.3 is 25.0 Å². The van der Waals surface area contributed by atoms with E-state index in [-0.39, 0.29) is 17.6 Å². The molecule has 5 rings (SSSR count). The summed E-state index contributed by atoms with van der Waals surface area (Å²) >= 11 is 1.70. The lowest BCUT2D eigenvalue weighted by Crippen LogP contribution is -2.35. The summed E-state index contributed by atoms with van der Waals surface area (Å²) in [5, 5.41) is 6.50. The van der Waals surface area contributed by atoms with E-state index < -0.39 is 0 Å². The Kier molecular flexibility index (Phi) is 8.77. The summed E-state index contributed by atoms with van der Waals surface area (Å²) < 4.78 is 12.3. The molecule has 1 atom stereocenters. The van der Waals surface area contributed by atoms with Gasteiger partial charge in [0.1, 0.15) is 11.5 Å². The van der Waals surface area contributed by atoms with Gasteiger partial charge in [0, 0.05) is 40.7 Å². The van der Waals surface area contributed by atoms with E-state index in [2.05, 4.69) is 72.9 Å². The standard InChI is InChI=1S/C29H33N3O3S.C2H6/c1-29(2,3)28-31-23-12-9-21(17-25(23)35-28)32-14-5-15-34-26-16-20(8-13-24(26)32)27(33)30-18-19-6-10-22(36-4)11-7-19;1-2/h6-13,16-17,28,31H,5,14-15,18H2,1-4H3,(H,30,33);1-2H3. The summed E-state index contributed by atoms with van der Waals surface area (Å²) in [5.74, 6) is 1.47. The highest BCUT2D eigenvalue weighted by atomic mass is 32.2. The molecule has 38 heavy (non-hydrogen) atoms. The van der Waals surface area contributed by atoms with Crippen molar-refractivity contribution in [3.8, 4) is 11.5 Å². The van der Waals surface area contributed by atoms with E-state index in [0.29, 0.717) is 18.7 Å². The Morgan fingerprint density at radius 2 is 1.82 bits per heavy atom. The summed E-state index contributed by atoms with van der Waals surface area (Å²) in [5.41, 5.74) is 4.65. The van der Waals surface area contributed by atoms with E-state index >= 15 is 0 Å². The first-order valence-electron chi connectivity index (χ1n) is 13.3. The normalized spacial score (nSPS) is 15.9. The first-order valence-corrected chi connectivity index (χ1v) is 14.6. The maximum atomic E-state index is 12.9. The Bertz CT molecular complexity index is 1250. The topological polar surface area (TPSA) is 62.8 Å². The van der Waals surface area contributed by atoms with Crippen molar-refractivity contribution in [2.45, 2.75) is 58.7 Å². The number of carbonyl (C=O) groups excluding carboxylic acids is 1. The zero-order valence-electron chi connectivity index (χ0n) is 23.3. The Labute approximate surface area is 231 Å². The minimum Gasteiger partial charge on any atom is -0.491 e. The van der Waals surface area contributed by atoms with Gasteiger partial charge in [0.05, 0.1) is 18.0 Å². The van der Waals surface area contributed by atoms with Crippen LogP contribution in [0.4, 0.5) is 17.1 Å². The molecule has 6 nitrogen and oxygen atoms in total. The van der Waals surface area contributed by atoms with Crippen LogP contribution in [0.25, 0.3) is 0 Å². The van der Waals surface area contributed by atoms with Crippen LogP contribution in [0, 0.1) is 5.41 Å². The summed E-state index contributed by atoms with van der Waals surface area (Å²) in [6.07, 6.45) is 2.87. The van der Waals surface area contributed by atoms with E-state index in [9.17, 15) is 4.79 Å². The van der Waals surface area contributed by atoms with Crippen molar-refractivity contribution in [3.63, 3.8) is 0 Å². The minimum atomic E-state index is -0.114. The van der Waals surface area contributed by atoms with E-state index in [4.69, 9.17) is 9.47 Å². The third-order valence-electron chi connectivity index (χ3n) is 6.50. The average molecular weight is 534 g/mol. The second-order valence-electron chi connectivity index (χ2n) is 10.3. The average Bonchev–Trinajstić information content (AvgIpc) is 3.26. The van der Waals surface area contributed by atoms with E-state index in [1.54, 1.807) is 11.8 Å². The maximum absolute atomic E-state index is 12.9. The van der Waals surface area contributed by atoms with Gasteiger partial charge in [-0.2, -0.15) is 0 Å². The van der Waals surface area contributed by atoms with Crippen LogP contribution in [0.1, 0.15) is 57.0 Å². The summed E-state index contributed by atoms with van der Waals surface area (Å²) in [6, 6.07) is 20.2. The number of hydrogen-bond acceptors (Lipinski definition) is 6. The van der Waals surface area contributed by atoms with Gasteiger partial charge in [0.25, 0.3) is 5.91 Å². The van der Waals surface area contributed by atoms with Gasteiger partial charge in [-0.25, -0.2) is 0 Å². The molecule has 0 aromatic heterocycles. The molecule has 7 heteroatoms. The van der Waals surface area contributed by atoms with Gasteiger partial charge in [0.15, 0.2) is 6.23 Å². The molecular formula is C31H39N3O3S. The molecule has 2 aliphatic heterocycles. The van der Waals surface area contributed by atoms with Gasteiger partial charge >= 0.3 is 0 Å². The number of ether oxygens (including phenoxy) is 2. The third-order valence-corrected chi connectivity index (χ3v) is 7.25. The molecule has 2 aliphatic rings. The molecular weight excluding hydrogens is 494 g/mol. The molecule has 0 saturated heterocycles. The smallest absolute Gasteiger partial charge is 0.251 e. The molecule has 1 unspecified atom stereocenters. The van der Waals surface area contributed by atoms with Crippen LogP contribution in [0.2, 0.25) is 0 Å². The Morgan fingerprint density at radius 3 is 2.53 bits per heavy atom. The summed E-state index contributed by atoms with van der Waals surface area (Å²) in [7, 11) is 0. The van der Waals surface area contributed by atoms with Crippen molar-refractivity contribution < 1.29 is 14.3 Å². The zero-order valence-corrected chi connectivity index (χ0v) is 24.1.